The molecule has 3 aromatic rings. The maximum atomic E-state index is 14.4. The van der Waals surface area contributed by atoms with Gasteiger partial charge < -0.3 is 15.3 Å². The van der Waals surface area contributed by atoms with E-state index in [2.05, 4.69) is 105 Å². The summed E-state index contributed by atoms with van der Waals surface area (Å²) in [4.78, 5) is 33.4. The van der Waals surface area contributed by atoms with Crippen molar-refractivity contribution in [1.82, 2.24) is 10.3 Å². The highest BCUT2D eigenvalue weighted by Crippen LogP contribution is 2.69. The molecule has 0 spiro atoms. The molecule has 0 bridgehead atoms. The summed E-state index contributed by atoms with van der Waals surface area (Å²) in [6, 6.07) is 10.7. The molecule has 0 saturated carbocycles. The predicted octanol–water partition coefficient (Wildman–Crippen LogP) is -3.49. The lowest BCUT2D eigenvalue weighted by Gasteiger charge is -2.77. The zero-order chi connectivity index (χ0) is 36.4. The highest BCUT2D eigenvalue weighted by molar-refractivity contribution is 9.10. The van der Waals surface area contributed by atoms with Crippen LogP contribution in [0.5, 0.6) is 0 Å². The Morgan fingerprint density at radius 1 is 0.938 bits per heavy atom. The number of hydrogen-bond acceptors (Lipinski definition) is 4. The van der Waals surface area contributed by atoms with Gasteiger partial charge >= 0.3 is 12.1 Å². The fourth-order valence-corrected chi connectivity index (χ4v) is 8.37. The minimum atomic E-state index is -4.63. The van der Waals surface area contributed by atoms with E-state index in [1.54, 1.807) is 0 Å². The molecule has 1 aliphatic rings. The molecule has 48 heavy (non-hydrogen) atoms. The number of benzene rings is 2. The first-order valence-corrected chi connectivity index (χ1v) is 17.2. The number of aromatic nitrogens is 1. The van der Waals surface area contributed by atoms with Gasteiger partial charge in [-0.3, -0.25) is 9.59 Å². The van der Waals surface area contributed by atoms with Crippen molar-refractivity contribution in [2.45, 2.75) is 58.2 Å². The standard InChI is InChI=1S/C28H39B10BrF3N3O3/c1-12-20(22(48)43-11-13(6-9-19(46)47)15-4-2-3-5-17(15)23(40,41)42)16-10-14(39)7-8-18(16)44-21(12)45-27(35,36)25(31,32)24(29,30)26(33,34)28(45,37)38/h2-5,7-8,10,13H,6,9,11,29-38H2,1H3,(H,43,48)(H,46,47). The van der Waals surface area contributed by atoms with Crippen LogP contribution in [0.4, 0.5) is 19.0 Å². The van der Waals surface area contributed by atoms with Crippen molar-refractivity contribution in [3.8, 4) is 0 Å². The largest absolute Gasteiger partial charge is 0.481 e. The van der Waals surface area contributed by atoms with Crippen molar-refractivity contribution >= 4 is 123 Å². The molecule has 1 saturated heterocycles. The number of alkyl halides is 3. The van der Waals surface area contributed by atoms with Gasteiger partial charge in [0.15, 0.2) is 0 Å². The summed E-state index contributed by atoms with van der Waals surface area (Å²) in [6.45, 7) is 1.70. The number of carbonyl (C=O) groups excluding carboxylic acids is 1. The molecule has 2 heterocycles. The average Bonchev–Trinajstić information content (AvgIpc) is 2.96. The molecular weight excluding hydrogens is 671 g/mol. The van der Waals surface area contributed by atoms with Crippen molar-refractivity contribution < 1.29 is 27.9 Å². The second-order valence-corrected chi connectivity index (χ2v) is 16.8. The van der Waals surface area contributed by atoms with Crippen LogP contribution >= 0.6 is 15.9 Å². The lowest BCUT2D eigenvalue weighted by molar-refractivity contribution is -0.138. The van der Waals surface area contributed by atoms with E-state index < -0.39 is 40.2 Å². The number of piperidine rings is 1. The highest BCUT2D eigenvalue weighted by Gasteiger charge is 2.66. The number of amides is 1. The van der Waals surface area contributed by atoms with E-state index in [0.29, 0.717) is 27.8 Å². The molecule has 4 rings (SSSR count). The number of pyridine rings is 1. The van der Waals surface area contributed by atoms with Gasteiger partial charge in [0.25, 0.3) is 5.91 Å². The Hall–Kier alpha value is -2.49. The van der Waals surface area contributed by atoms with E-state index in [9.17, 15) is 27.9 Å². The minimum absolute atomic E-state index is 0.0461. The first-order valence-electron chi connectivity index (χ1n) is 16.4. The fraction of sp³-hybridized carbons (Fsp3) is 0.393. The molecule has 1 aromatic heterocycles. The van der Waals surface area contributed by atoms with E-state index in [1.807, 2.05) is 25.1 Å². The average molecular weight is 711 g/mol. The van der Waals surface area contributed by atoms with Gasteiger partial charge in [0.2, 0.25) is 0 Å². The van der Waals surface area contributed by atoms with Crippen LogP contribution in [0.3, 0.4) is 0 Å². The summed E-state index contributed by atoms with van der Waals surface area (Å²) in [6.07, 6.45) is -5.06. The lowest BCUT2D eigenvalue weighted by atomic mass is 9.05. The van der Waals surface area contributed by atoms with Crippen molar-refractivity contribution in [3.05, 3.63) is 69.2 Å². The van der Waals surface area contributed by atoms with Crippen LogP contribution in [0.25, 0.3) is 10.9 Å². The van der Waals surface area contributed by atoms with Gasteiger partial charge in [-0.2, -0.15) is 13.2 Å². The minimum Gasteiger partial charge on any atom is -0.481 e. The lowest BCUT2D eigenvalue weighted by Crippen LogP contribution is -2.81. The first-order chi connectivity index (χ1) is 21.8. The maximum Gasteiger partial charge on any atom is 0.416 e. The van der Waals surface area contributed by atoms with Crippen molar-refractivity contribution in [2.24, 2.45) is 0 Å². The SMILES string of the molecule is BC1(B)N(c2nc3ccc(Br)cc3c(C(=O)NCC(CCC(=O)O)c3ccccc3C(F)(F)F)c2C)C(B)(B)C(B)(B)C(B)(B)C1(B)B. The Kier molecular flexibility index (Phi) is 10.1. The molecule has 0 aliphatic carbocycles. The summed E-state index contributed by atoms with van der Waals surface area (Å²) in [7, 11) is 22.7. The second kappa shape index (κ2) is 12.7. The van der Waals surface area contributed by atoms with Crippen molar-refractivity contribution in [2.75, 3.05) is 11.4 Å². The number of hydrogen-bond donors (Lipinski definition) is 2. The number of halogens is 4. The summed E-state index contributed by atoms with van der Waals surface area (Å²) in [5.41, 5.74) is 0.762. The quantitative estimate of drug-likeness (QED) is 0.238. The van der Waals surface area contributed by atoms with E-state index >= 15 is 0 Å². The predicted molar refractivity (Wildman–Crippen MR) is 219 cm³/mol. The number of carboxylic acid groups (broad SMARTS) is 1. The summed E-state index contributed by atoms with van der Waals surface area (Å²) in [5.74, 6) is -1.80. The number of rotatable bonds is 8. The monoisotopic (exact) mass is 711 g/mol. The van der Waals surface area contributed by atoms with E-state index in [4.69, 9.17) is 4.98 Å². The van der Waals surface area contributed by atoms with Gasteiger partial charge in [-0.05, 0) is 53.8 Å². The van der Waals surface area contributed by atoms with Gasteiger partial charge in [-0.25, -0.2) is 4.98 Å². The van der Waals surface area contributed by atoms with Crippen molar-refractivity contribution in [1.29, 1.82) is 0 Å². The number of anilines is 1. The van der Waals surface area contributed by atoms with Crippen LogP contribution in [0.1, 0.15) is 45.8 Å². The smallest absolute Gasteiger partial charge is 0.416 e. The molecule has 2 aromatic carbocycles. The Morgan fingerprint density at radius 2 is 1.50 bits per heavy atom. The van der Waals surface area contributed by atoms with Crippen LogP contribution in [0.2, 0.25) is 15.6 Å². The number of nitrogens with one attached hydrogen (secondary N) is 1. The second-order valence-electron chi connectivity index (χ2n) is 15.8. The van der Waals surface area contributed by atoms with Crippen LogP contribution in [-0.2, 0) is 11.0 Å². The molecule has 1 fully saturated rings. The number of aliphatic carboxylic acids is 1. The van der Waals surface area contributed by atoms with Gasteiger partial charge in [-0.15, -0.1) is 0 Å². The number of carboxylic acids is 1. The normalized spacial score (nSPS) is 19.7. The van der Waals surface area contributed by atoms with Gasteiger partial charge in [0.1, 0.15) is 37.2 Å². The molecule has 2 N–H and O–H groups in total. The maximum absolute atomic E-state index is 14.4. The van der Waals surface area contributed by atoms with E-state index in [1.165, 1.54) is 18.2 Å². The third-order valence-electron chi connectivity index (χ3n) is 12.8. The third-order valence-corrected chi connectivity index (χ3v) is 13.3. The highest BCUT2D eigenvalue weighted by atomic mass is 79.9. The van der Waals surface area contributed by atoms with Crippen molar-refractivity contribution in [3.63, 3.8) is 0 Å². The van der Waals surface area contributed by atoms with Gasteiger partial charge in [0.05, 0.1) is 63.7 Å². The topological polar surface area (TPSA) is 82.5 Å². The molecule has 20 heteroatoms. The van der Waals surface area contributed by atoms with E-state index in [0.717, 1.165) is 10.5 Å². The summed E-state index contributed by atoms with van der Waals surface area (Å²) < 4.78 is 42.8. The van der Waals surface area contributed by atoms with Gasteiger partial charge in [-0.1, -0.05) is 49.8 Å². The molecule has 0 radical (unpaired) electrons. The Labute approximate surface area is 298 Å². The third kappa shape index (κ3) is 6.10. The molecule has 1 atom stereocenters. The molecule has 1 aliphatic heterocycles. The fourth-order valence-electron chi connectivity index (χ4n) is 8.01. The molecule has 242 valence electrons. The molecule has 6 nitrogen and oxygen atoms in total. The summed E-state index contributed by atoms with van der Waals surface area (Å²) in [5, 5.41) is 11.5. The first kappa shape index (κ1) is 38.3. The Morgan fingerprint density at radius 3 is 2.04 bits per heavy atom. The van der Waals surface area contributed by atoms with Gasteiger partial charge in [0, 0.05) is 34.3 Å². The number of fused-ring (bicyclic) bond motifs is 1. The van der Waals surface area contributed by atoms with Crippen LogP contribution in [-0.4, -0.2) is 118 Å². The molecule has 1 unspecified atom stereocenters. The Balaban J connectivity index is 1.89. The zero-order valence-electron chi connectivity index (χ0n) is 29.9. The Bertz CT molecular complexity index is 1750. The number of nitrogens with zero attached hydrogens (tertiary/aromatic N) is 2. The van der Waals surface area contributed by atoms with E-state index in [-0.39, 0.29) is 40.6 Å². The van der Waals surface area contributed by atoms with Crippen LogP contribution < -0.4 is 10.2 Å². The molecular formula is C28H39B10BrF3N3O3. The van der Waals surface area contributed by atoms with Crippen LogP contribution in [0, 0.1) is 6.92 Å². The summed E-state index contributed by atoms with van der Waals surface area (Å²) >= 11 is 3.54. The van der Waals surface area contributed by atoms with Crippen LogP contribution in [0.15, 0.2) is 46.9 Å². The number of carbonyl (C=O) groups is 2. The zero-order valence-corrected chi connectivity index (χ0v) is 31.5. The molecule has 1 amide bonds.